The first kappa shape index (κ1) is 9.84. The van der Waals surface area contributed by atoms with Gasteiger partial charge >= 0.3 is 6.18 Å². The molecule has 0 nitrogen and oxygen atoms in total. The number of benzene rings is 1. The van der Waals surface area contributed by atoms with E-state index in [-0.39, 0.29) is 5.56 Å². The summed E-state index contributed by atoms with van der Waals surface area (Å²) in [5.74, 6) is 0. The lowest BCUT2D eigenvalue weighted by Gasteiger charge is -2.11. The minimum atomic E-state index is -4.30. The van der Waals surface area contributed by atoms with Gasteiger partial charge in [0.2, 0.25) is 0 Å². The normalized spacial score (nSPS) is 11.4. The van der Waals surface area contributed by atoms with Crippen molar-refractivity contribution in [2.24, 2.45) is 0 Å². The van der Waals surface area contributed by atoms with Gasteiger partial charge in [0, 0.05) is 0 Å². The molecular weight excluding hydrogens is 177 g/mol. The number of hydrogen-bond donors (Lipinski definition) is 0. The Morgan fingerprint density at radius 3 is 2.15 bits per heavy atom. The van der Waals surface area contributed by atoms with Crippen LogP contribution in [-0.2, 0) is 6.18 Å². The van der Waals surface area contributed by atoms with Gasteiger partial charge in [-0.25, -0.2) is 0 Å². The lowest BCUT2D eigenvalue weighted by atomic mass is 10.0. The molecule has 0 saturated heterocycles. The predicted molar refractivity (Wildman–Crippen MR) is 46.2 cm³/mol. The second kappa shape index (κ2) is 3.24. The largest absolute Gasteiger partial charge is 0.416 e. The summed E-state index contributed by atoms with van der Waals surface area (Å²) in [5.41, 5.74) is -0.0366. The summed E-state index contributed by atoms with van der Waals surface area (Å²) >= 11 is 0. The van der Waals surface area contributed by atoms with Crippen LogP contribution in [0.1, 0.15) is 18.1 Å². The molecule has 0 heterocycles. The van der Waals surface area contributed by atoms with Crippen LogP contribution in [0.15, 0.2) is 30.8 Å². The molecule has 3 heteroatoms. The van der Waals surface area contributed by atoms with Crippen LogP contribution in [0.3, 0.4) is 0 Å². The average molecular weight is 186 g/mol. The van der Waals surface area contributed by atoms with Crippen LogP contribution in [-0.4, -0.2) is 0 Å². The summed E-state index contributed by atoms with van der Waals surface area (Å²) in [5, 5.41) is 0. The highest BCUT2D eigenvalue weighted by atomic mass is 19.4. The third-order valence-electron chi connectivity index (χ3n) is 1.69. The lowest BCUT2D eigenvalue weighted by molar-refractivity contribution is -0.137. The molecule has 0 fully saturated rings. The van der Waals surface area contributed by atoms with E-state index in [4.69, 9.17) is 0 Å². The Labute approximate surface area is 74.7 Å². The SMILES string of the molecule is C=C(C)c1ccccc1C(F)(F)F. The second-order valence-corrected chi connectivity index (χ2v) is 2.82. The van der Waals surface area contributed by atoms with Crippen molar-refractivity contribution in [2.45, 2.75) is 13.1 Å². The molecule has 0 aliphatic heterocycles. The fourth-order valence-corrected chi connectivity index (χ4v) is 1.10. The van der Waals surface area contributed by atoms with Gasteiger partial charge in [-0.1, -0.05) is 30.4 Å². The molecule has 0 amide bonds. The van der Waals surface area contributed by atoms with Crippen molar-refractivity contribution >= 4 is 5.57 Å². The minimum Gasteiger partial charge on any atom is -0.166 e. The maximum Gasteiger partial charge on any atom is 0.416 e. The van der Waals surface area contributed by atoms with E-state index in [1.54, 1.807) is 13.0 Å². The molecular formula is C10H9F3. The van der Waals surface area contributed by atoms with Gasteiger partial charge < -0.3 is 0 Å². The quantitative estimate of drug-likeness (QED) is 0.626. The molecule has 0 aliphatic rings. The van der Waals surface area contributed by atoms with Crippen LogP contribution in [0.5, 0.6) is 0 Å². The Bertz CT molecular complexity index is 323. The van der Waals surface area contributed by atoms with Gasteiger partial charge in [-0.05, 0) is 18.6 Å². The van der Waals surface area contributed by atoms with Crippen LogP contribution >= 0.6 is 0 Å². The molecule has 0 N–H and O–H groups in total. The van der Waals surface area contributed by atoms with Crippen molar-refractivity contribution in [3.63, 3.8) is 0 Å². The van der Waals surface area contributed by atoms with Crippen molar-refractivity contribution < 1.29 is 13.2 Å². The Balaban J connectivity index is 3.28. The van der Waals surface area contributed by atoms with Crippen LogP contribution in [0.2, 0.25) is 0 Å². The Hall–Kier alpha value is -1.25. The minimum absolute atomic E-state index is 0.162. The number of halogens is 3. The van der Waals surface area contributed by atoms with Crippen LogP contribution < -0.4 is 0 Å². The molecule has 1 aromatic carbocycles. The van der Waals surface area contributed by atoms with Crippen molar-refractivity contribution in [1.82, 2.24) is 0 Å². The van der Waals surface area contributed by atoms with Gasteiger partial charge in [0.25, 0.3) is 0 Å². The Morgan fingerprint density at radius 2 is 1.77 bits per heavy atom. The van der Waals surface area contributed by atoms with Gasteiger partial charge in [-0.3, -0.25) is 0 Å². The second-order valence-electron chi connectivity index (χ2n) is 2.82. The highest BCUT2D eigenvalue weighted by Gasteiger charge is 2.32. The zero-order chi connectivity index (χ0) is 10.1. The zero-order valence-corrected chi connectivity index (χ0v) is 7.15. The monoisotopic (exact) mass is 186 g/mol. The molecule has 0 aromatic heterocycles. The van der Waals surface area contributed by atoms with E-state index >= 15 is 0 Å². The summed E-state index contributed by atoms with van der Waals surface area (Å²) in [6, 6.07) is 5.42. The molecule has 13 heavy (non-hydrogen) atoms. The van der Waals surface area contributed by atoms with Crippen molar-refractivity contribution in [3.05, 3.63) is 42.0 Å². The van der Waals surface area contributed by atoms with E-state index in [9.17, 15) is 13.2 Å². The van der Waals surface area contributed by atoms with Crippen LogP contribution in [0, 0.1) is 0 Å². The Morgan fingerprint density at radius 1 is 1.23 bits per heavy atom. The summed E-state index contributed by atoms with van der Waals surface area (Å²) < 4.78 is 37.1. The van der Waals surface area contributed by atoms with Crippen molar-refractivity contribution in [1.29, 1.82) is 0 Å². The van der Waals surface area contributed by atoms with Crippen molar-refractivity contribution in [2.75, 3.05) is 0 Å². The van der Waals surface area contributed by atoms with Crippen LogP contribution in [0.4, 0.5) is 13.2 Å². The average Bonchev–Trinajstić information content (AvgIpc) is 2.03. The number of rotatable bonds is 1. The number of alkyl halides is 3. The van der Waals surface area contributed by atoms with E-state index in [2.05, 4.69) is 6.58 Å². The van der Waals surface area contributed by atoms with E-state index in [1.165, 1.54) is 12.1 Å². The van der Waals surface area contributed by atoms with Crippen molar-refractivity contribution in [3.8, 4) is 0 Å². The Kier molecular flexibility index (Phi) is 2.45. The van der Waals surface area contributed by atoms with Gasteiger partial charge in [-0.2, -0.15) is 13.2 Å². The maximum absolute atomic E-state index is 12.4. The molecule has 0 atom stereocenters. The number of allylic oxidation sites excluding steroid dienone is 1. The molecule has 0 unspecified atom stereocenters. The molecule has 0 bridgehead atoms. The lowest BCUT2D eigenvalue weighted by Crippen LogP contribution is -2.07. The summed E-state index contributed by atoms with van der Waals surface area (Å²) in [6.45, 7) is 5.06. The fourth-order valence-electron chi connectivity index (χ4n) is 1.10. The van der Waals surface area contributed by atoms with E-state index in [0.29, 0.717) is 5.57 Å². The molecule has 1 rings (SSSR count). The highest BCUT2D eigenvalue weighted by Crippen LogP contribution is 2.34. The molecule has 0 radical (unpaired) electrons. The van der Waals surface area contributed by atoms with Crippen LogP contribution in [0.25, 0.3) is 5.57 Å². The first-order valence-corrected chi connectivity index (χ1v) is 3.75. The van der Waals surface area contributed by atoms with E-state index in [1.807, 2.05) is 0 Å². The highest BCUT2D eigenvalue weighted by molar-refractivity contribution is 5.64. The van der Waals surface area contributed by atoms with Gasteiger partial charge in [0.1, 0.15) is 0 Å². The third kappa shape index (κ3) is 2.11. The zero-order valence-electron chi connectivity index (χ0n) is 7.15. The van der Waals surface area contributed by atoms with E-state index < -0.39 is 11.7 Å². The summed E-state index contributed by atoms with van der Waals surface area (Å²) in [6.07, 6.45) is -4.30. The summed E-state index contributed by atoms with van der Waals surface area (Å²) in [7, 11) is 0. The molecule has 1 aromatic rings. The van der Waals surface area contributed by atoms with Gasteiger partial charge in [-0.15, -0.1) is 0 Å². The van der Waals surface area contributed by atoms with Gasteiger partial charge in [0.15, 0.2) is 0 Å². The molecule has 0 aliphatic carbocycles. The summed E-state index contributed by atoms with van der Waals surface area (Å²) in [4.78, 5) is 0. The predicted octanol–water partition coefficient (Wildman–Crippen LogP) is 3.74. The standard InChI is InChI=1S/C10H9F3/c1-7(2)8-5-3-4-6-9(8)10(11,12)13/h3-6H,1H2,2H3. The molecule has 0 saturated carbocycles. The smallest absolute Gasteiger partial charge is 0.166 e. The molecule has 70 valence electrons. The van der Waals surface area contributed by atoms with Gasteiger partial charge in [0.05, 0.1) is 5.56 Å². The number of hydrogen-bond acceptors (Lipinski definition) is 0. The third-order valence-corrected chi connectivity index (χ3v) is 1.69. The van der Waals surface area contributed by atoms with E-state index in [0.717, 1.165) is 6.07 Å². The maximum atomic E-state index is 12.4. The first-order valence-electron chi connectivity index (χ1n) is 3.75. The topological polar surface area (TPSA) is 0 Å². The molecule has 0 spiro atoms. The first-order chi connectivity index (χ1) is 5.93. The fraction of sp³-hybridized carbons (Fsp3) is 0.200.